The number of anilines is 2. The van der Waals surface area contributed by atoms with Gasteiger partial charge in [0.1, 0.15) is 16.9 Å². The summed E-state index contributed by atoms with van der Waals surface area (Å²) in [6, 6.07) is 16.3. The molecule has 1 atom stereocenters. The van der Waals surface area contributed by atoms with Gasteiger partial charge < -0.3 is 9.87 Å². The number of fused-ring (bicyclic) bond motifs is 1. The molecular weight excluding hydrogens is 398 g/mol. The molecule has 0 fully saturated rings. The number of nitrogens with one attached hydrogen (secondary N) is 2. The molecule has 1 amide bonds. The molecule has 1 aromatic carbocycles. The minimum atomic E-state index is -1.57. The second kappa shape index (κ2) is 8.48. The molecule has 0 saturated heterocycles. The highest BCUT2D eigenvalue weighted by Crippen LogP contribution is 2.28. The molecule has 7 nitrogen and oxygen atoms in total. The highest BCUT2D eigenvalue weighted by atomic mass is 32.2. The molecule has 150 valence electrons. The van der Waals surface area contributed by atoms with Crippen molar-refractivity contribution in [2.75, 3.05) is 10.0 Å². The highest BCUT2D eigenvalue weighted by Gasteiger charge is 2.18. The summed E-state index contributed by atoms with van der Waals surface area (Å²) >= 11 is -1.57. The van der Waals surface area contributed by atoms with Crippen molar-refractivity contribution in [3.05, 3.63) is 72.6 Å². The molecule has 30 heavy (non-hydrogen) atoms. The van der Waals surface area contributed by atoms with E-state index in [0.29, 0.717) is 27.6 Å². The van der Waals surface area contributed by atoms with Crippen LogP contribution in [0.15, 0.2) is 71.9 Å². The van der Waals surface area contributed by atoms with Crippen molar-refractivity contribution < 1.29 is 9.35 Å². The largest absolute Gasteiger partial charge is 0.588 e. The maximum atomic E-state index is 12.9. The predicted octanol–water partition coefficient (Wildman–Crippen LogP) is 4.09. The predicted molar refractivity (Wildman–Crippen MR) is 118 cm³/mol. The summed E-state index contributed by atoms with van der Waals surface area (Å²) in [7, 11) is 0. The Balaban J connectivity index is 1.69. The van der Waals surface area contributed by atoms with E-state index in [0.717, 1.165) is 16.6 Å². The zero-order chi connectivity index (χ0) is 21.1. The van der Waals surface area contributed by atoms with Crippen molar-refractivity contribution in [3.8, 4) is 11.4 Å². The van der Waals surface area contributed by atoms with Crippen LogP contribution in [-0.2, 0) is 16.2 Å². The van der Waals surface area contributed by atoms with Crippen LogP contribution in [0, 0.1) is 6.92 Å². The van der Waals surface area contributed by atoms with Crippen LogP contribution in [0.1, 0.15) is 12.5 Å². The molecule has 3 heterocycles. The van der Waals surface area contributed by atoms with E-state index in [1.165, 1.54) is 6.92 Å². The Bertz CT molecular complexity index is 1210. The van der Waals surface area contributed by atoms with Gasteiger partial charge in [0.2, 0.25) is 5.91 Å². The van der Waals surface area contributed by atoms with Gasteiger partial charge in [0.15, 0.2) is 10.7 Å². The Morgan fingerprint density at radius 3 is 2.50 bits per heavy atom. The maximum Gasteiger partial charge on any atom is 0.221 e. The average molecular weight is 417 g/mol. The van der Waals surface area contributed by atoms with E-state index in [4.69, 9.17) is 0 Å². The smallest absolute Gasteiger partial charge is 0.221 e. The highest BCUT2D eigenvalue weighted by molar-refractivity contribution is 7.92. The van der Waals surface area contributed by atoms with Crippen LogP contribution in [-0.4, -0.2) is 25.4 Å². The molecule has 0 saturated carbocycles. The van der Waals surface area contributed by atoms with Gasteiger partial charge in [0, 0.05) is 30.4 Å². The Hall–Kier alpha value is -3.49. The molecule has 0 bridgehead atoms. The molecule has 0 aliphatic carbocycles. The van der Waals surface area contributed by atoms with Crippen LogP contribution in [0.25, 0.3) is 22.3 Å². The van der Waals surface area contributed by atoms with Crippen LogP contribution in [0.2, 0.25) is 0 Å². The Kier molecular flexibility index (Phi) is 5.60. The standard InChI is InChI=1S/C22H19N5O2S/c1-14-5-3-11-23-20(14)19-13-16-6-4-12-24-21(16)22(26-19)27-30(29)18-9-7-17(8-10-18)25-15(2)28/h3-13H,1-2H3,(H,25,28)(H,26,27). The van der Waals surface area contributed by atoms with Crippen molar-refractivity contribution in [3.63, 3.8) is 0 Å². The van der Waals surface area contributed by atoms with E-state index in [1.807, 2.05) is 37.3 Å². The van der Waals surface area contributed by atoms with Crippen LogP contribution >= 0.6 is 0 Å². The van der Waals surface area contributed by atoms with Crippen LogP contribution in [0.4, 0.5) is 11.5 Å². The zero-order valence-electron chi connectivity index (χ0n) is 16.4. The minimum Gasteiger partial charge on any atom is -0.588 e. The monoisotopic (exact) mass is 417 g/mol. The topological polar surface area (TPSA) is 103 Å². The van der Waals surface area contributed by atoms with E-state index in [1.54, 1.807) is 36.7 Å². The lowest BCUT2D eigenvalue weighted by atomic mass is 10.1. The SMILES string of the molecule is CC(=O)Nc1ccc([S+]([O-])Nc2nc(-c3ncccc3C)cc3cccnc23)cc1. The molecular formula is C22H19N5O2S. The molecule has 4 aromatic rings. The first-order valence-electron chi connectivity index (χ1n) is 9.25. The Labute approximate surface area is 176 Å². The summed E-state index contributed by atoms with van der Waals surface area (Å²) in [6.07, 6.45) is 3.39. The molecule has 0 radical (unpaired) electrons. The lowest BCUT2D eigenvalue weighted by molar-refractivity contribution is -0.114. The number of pyridine rings is 3. The Morgan fingerprint density at radius 1 is 1.03 bits per heavy atom. The van der Waals surface area contributed by atoms with E-state index in [9.17, 15) is 9.35 Å². The molecule has 3 aromatic heterocycles. The van der Waals surface area contributed by atoms with Gasteiger partial charge in [-0.3, -0.25) is 14.8 Å². The fourth-order valence-corrected chi connectivity index (χ4v) is 3.86. The number of hydrogen-bond acceptors (Lipinski definition) is 6. The van der Waals surface area contributed by atoms with Gasteiger partial charge in [-0.05, 0) is 55.0 Å². The first-order chi connectivity index (χ1) is 14.5. The number of aryl methyl sites for hydroxylation is 1. The quantitative estimate of drug-likeness (QED) is 0.474. The van der Waals surface area contributed by atoms with Gasteiger partial charge in [0.05, 0.1) is 11.4 Å². The molecule has 2 N–H and O–H groups in total. The molecule has 0 spiro atoms. The van der Waals surface area contributed by atoms with Crippen molar-refractivity contribution in [1.29, 1.82) is 0 Å². The number of hydrogen-bond donors (Lipinski definition) is 2. The van der Waals surface area contributed by atoms with Crippen LogP contribution < -0.4 is 10.0 Å². The lowest BCUT2D eigenvalue weighted by Gasteiger charge is -2.14. The first kappa shape index (κ1) is 19.8. The maximum absolute atomic E-state index is 12.9. The van der Waals surface area contributed by atoms with E-state index in [-0.39, 0.29) is 5.91 Å². The van der Waals surface area contributed by atoms with E-state index in [2.05, 4.69) is 25.0 Å². The molecule has 1 unspecified atom stereocenters. The number of aromatic nitrogens is 3. The second-order valence-corrected chi connectivity index (χ2v) is 7.89. The van der Waals surface area contributed by atoms with E-state index >= 15 is 0 Å². The van der Waals surface area contributed by atoms with Gasteiger partial charge in [-0.2, -0.15) is 4.72 Å². The number of carbonyl (C=O) groups excluding carboxylic acids is 1. The number of rotatable bonds is 5. The van der Waals surface area contributed by atoms with Crippen molar-refractivity contribution in [1.82, 2.24) is 15.0 Å². The second-order valence-electron chi connectivity index (χ2n) is 6.68. The summed E-state index contributed by atoms with van der Waals surface area (Å²) < 4.78 is 15.9. The summed E-state index contributed by atoms with van der Waals surface area (Å²) in [5.41, 5.74) is 3.69. The minimum absolute atomic E-state index is 0.162. The van der Waals surface area contributed by atoms with E-state index < -0.39 is 11.4 Å². The summed E-state index contributed by atoms with van der Waals surface area (Å²) in [4.78, 5) is 25.2. The first-order valence-corrected chi connectivity index (χ1v) is 10.4. The summed E-state index contributed by atoms with van der Waals surface area (Å²) in [6.45, 7) is 3.41. The molecule has 0 aliphatic rings. The molecule has 4 rings (SSSR count). The Morgan fingerprint density at radius 2 is 1.77 bits per heavy atom. The van der Waals surface area contributed by atoms with Crippen LogP contribution in [0.3, 0.4) is 0 Å². The van der Waals surface area contributed by atoms with Crippen LogP contribution in [0.5, 0.6) is 0 Å². The summed E-state index contributed by atoms with van der Waals surface area (Å²) in [5.74, 6) is 0.253. The zero-order valence-corrected chi connectivity index (χ0v) is 17.2. The lowest BCUT2D eigenvalue weighted by Crippen LogP contribution is -2.15. The van der Waals surface area contributed by atoms with Gasteiger partial charge in [0.25, 0.3) is 0 Å². The van der Waals surface area contributed by atoms with Gasteiger partial charge in [-0.25, -0.2) is 4.98 Å². The van der Waals surface area contributed by atoms with Gasteiger partial charge in [-0.15, -0.1) is 0 Å². The van der Waals surface area contributed by atoms with Gasteiger partial charge in [-0.1, -0.05) is 12.1 Å². The average Bonchev–Trinajstić information content (AvgIpc) is 2.74. The summed E-state index contributed by atoms with van der Waals surface area (Å²) in [5, 5.41) is 3.56. The third-order valence-corrected chi connectivity index (χ3v) is 5.50. The van der Waals surface area contributed by atoms with Crippen molar-refractivity contribution in [2.45, 2.75) is 18.7 Å². The number of carbonyl (C=O) groups is 1. The third kappa shape index (κ3) is 4.24. The molecule has 0 aliphatic heterocycles. The number of benzene rings is 1. The van der Waals surface area contributed by atoms with Gasteiger partial charge >= 0.3 is 0 Å². The number of amides is 1. The third-order valence-electron chi connectivity index (χ3n) is 4.42. The van der Waals surface area contributed by atoms with Crippen molar-refractivity contribution >= 4 is 39.7 Å². The number of nitrogens with zero attached hydrogens (tertiary/aromatic N) is 3. The molecule has 8 heteroatoms. The fraction of sp³-hybridized carbons (Fsp3) is 0.0909. The van der Waals surface area contributed by atoms with Crippen molar-refractivity contribution in [2.24, 2.45) is 0 Å². The fourth-order valence-electron chi connectivity index (χ4n) is 3.04. The normalized spacial score (nSPS) is 11.8.